The minimum atomic E-state index is 0.589. The molecule has 0 spiro atoms. The maximum absolute atomic E-state index is 4.61. The molecule has 2 rings (SSSR count). The van der Waals surface area contributed by atoms with Crippen LogP contribution in [-0.2, 0) is 0 Å². The van der Waals surface area contributed by atoms with Crippen LogP contribution in [0.5, 0.6) is 0 Å². The Kier molecular flexibility index (Phi) is 14.7. The van der Waals surface area contributed by atoms with Crippen molar-refractivity contribution >= 4 is 0 Å². The summed E-state index contributed by atoms with van der Waals surface area (Å²) >= 11 is 0. The lowest BCUT2D eigenvalue weighted by Crippen LogP contribution is -2.56. The molecule has 1 N–H and O–H groups in total. The third-order valence-electron chi connectivity index (χ3n) is 9.83. The molecular weight excluding hydrogens is 398 g/mol. The topological polar surface area (TPSA) is 12.0 Å². The van der Waals surface area contributed by atoms with Crippen molar-refractivity contribution in [2.75, 3.05) is 0 Å². The number of unbranched alkanes of at least 4 members (excludes halogenated alkanes) is 6. The Labute approximate surface area is 210 Å². The van der Waals surface area contributed by atoms with Crippen LogP contribution in [0.3, 0.4) is 0 Å². The minimum absolute atomic E-state index is 0.589. The summed E-state index contributed by atoms with van der Waals surface area (Å²) < 4.78 is 0. The molecule has 0 aromatic rings. The van der Waals surface area contributed by atoms with Crippen molar-refractivity contribution in [2.24, 2.45) is 10.8 Å². The summed E-state index contributed by atoms with van der Waals surface area (Å²) in [5.74, 6) is 0. The van der Waals surface area contributed by atoms with E-state index in [1.807, 2.05) is 0 Å². The first-order valence-corrected chi connectivity index (χ1v) is 15.9. The maximum atomic E-state index is 4.61. The molecule has 196 valence electrons. The van der Waals surface area contributed by atoms with E-state index in [9.17, 15) is 0 Å². The van der Waals surface area contributed by atoms with Crippen molar-refractivity contribution in [3.63, 3.8) is 0 Å². The first-order chi connectivity index (χ1) is 16.2. The molecular formula is C32H63N. The van der Waals surface area contributed by atoms with Crippen molar-refractivity contribution in [1.29, 1.82) is 0 Å². The Balaban J connectivity index is 2.30. The van der Waals surface area contributed by atoms with E-state index < -0.39 is 0 Å². The van der Waals surface area contributed by atoms with E-state index in [0.29, 0.717) is 10.8 Å². The van der Waals surface area contributed by atoms with E-state index in [1.54, 1.807) is 0 Å². The predicted octanol–water partition coefficient (Wildman–Crippen LogP) is 10.8. The van der Waals surface area contributed by atoms with Crippen LogP contribution in [0.1, 0.15) is 182 Å². The average Bonchev–Trinajstić information content (AvgIpc) is 2.86. The van der Waals surface area contributed by atoms with Gasteiger partial charge in [0.25, 0.3) is 0 Å². The molecule has 0 amide bonds. The van der Waals surface area contributed by atoms with Crippen LogP contribution in [0, 0.1) is 10.8 Å². The number of hydrogen-bond acceptors (Lipinski definition) is 1. The van der Waals surface area contributed by atoms with E-state index >= 15 is 0 Å². The largest absolute Gasteiger partial charge is 0.310 e. The first kappa shape index (κ1) is 29.2. The van der Waals surface area contributed by atoms with Crippen molar-refractivity contribution < 1.29 is 0 Å². The van der Waals surface area contributed by atoms with Crippen LogP contribution < -0.4 is 5.32 Å². The molecule has 1 nitrogen and oxygen atoms in total. The van der Waals surface area contributed by atoms with Gasteiger partial charge in [-0.3, -0.25) is 0 Å². The third-order valence-corrected chi connectivity index (χ3v) is 9.83. The Morgan fingerprint density at radius 3 is 1.18 bits per heavy atom. The number of nitrogens with one attached hydrogen (secondary N) is 1. The smallest absolute Gasteiger partial charge is 0.0126 e. The van der Waals surface area contributed by atoms with Gasteiger partial charge >= 0.3 is 0 Å². The highest BCUT2D eigenvalue weighted by Gasteiger charge is 2.44. The van der Waals surface area contributed by atoms with Crippen molar-refractivity contribution in [3.8, 4) is 0 Å². The fraction of sp³-hybridized carbons (Fsp3) is 1.00. The number of rotatable bonds is 18. The Hall–Kier alpha value is -0.0400. The molecule has 2 fully saturated rings. The van der Waals surface area contributed by atoms with Crippen molar-refractivity contribution in [3.05, 3.63) is 0 Å². The molecule has 0 aliphatic heterocycles. The molecule has 2 saturated carbocycles. The van der Waals surface area contributed by atoms with Gasteiger partial charge in [-0.05, 0) is 62.2 Å². The lowest BCUT2D eigenvalue weighted by molar-refractivity contribution is 0.0413. The van der Waals surface area contributed by atoms with Gasteiger partial charge in [0.05, 0.1) is 0 Å². The summed E-state index contributed by atoms with van der Waals surface area (Å²) in [5, 5.41) is 4.61. The zero-order chi connectivity index (χ0) is 23.8. The molecule has 2 aliphatic rings. The van der Waals surface area contributed by atoms with Crippen LogP contribution in [-0.4, -0.2) is 12.1 Å². The third kappa shape index (κ3) is 9.16. The zero-order valence-electron chi connectivity index (χ0n) is 23.6. The summed E-state index contributed by atoms with van der Waals surface area (Å²) in [4.78, 5) is 0. The molecule has 2 aliphatic carbocycles. The quantitative estimate of drug-likeness (QED) is 0.200. The Morgan fingerprint density at radius 1 is 0.485 bits per heavy atom. The van der Waals surface area contributed by atoms with Gasteiger partial charge in [-0.2, -0.15) is 0 Å². The summed E-state index contributed by atoms with van der Waals surface area (Å²) in [7, 11) is 0. The van der Waals surface area contributed by atoms with Crippen LogP contribution in [0.25, 0.3) is 0 Å². The van der Waals surface area contributed by atoms with Gasteiger partial charge in [0.1, 0.15) is 0 Å². The van der Waals surface area contributed by atoms with Crippen LogP contribution in [0.2, 0.25) is 0 Å². The average molecular weight is 462 g/mol. The molecule has 2 atom stereocenters. The van der Waals surface area contributed by atoms with Crippen molar-refractivity contribution in [2.45, 2.75) is 194 Å². The fourth-order valence-corrected chi connectivity index (χ4v) is 7.69. The molecule has 33 heavy (non-hydrogen) atoms. The van der Waals surface area contributed by atoms with E-state index in [-0.39, 0.29) is 0 Å². The molecule has 0 heterocycles. The van der Waals surface area contributed by atoms with Gasteiger partial charge in [0.15, 0.2) is 0 Å². The molecule has 2 unspecified atom stereocenters. The highest BCUT2D eigenvalue weighted by molar-refractivity contribution is 5.00. The van der Waals surface area contributed by atoms with Gasteiger partial charge in [-0.15, -0.1) is 0 Å². The monoisotopic (exact) mass is 461 g/mol. The number of hydrogen-bond donors (Lipinski definition) is 1. The van der Waals surface area contributed by atoms with Gasteiger partial charge in [-0.1, -0.05) is 130 Å². The van der Waals surface area contributed by atoms with Crippen molar-refractivity contribution in [1.82, 2.24) is 5.32 Å². The lowest BCUT2D eigenvalue weighted by Gasteiger charge is -2.51. The molecule has 0 bridgehead atoms. The standard InChI is InChI=1S/C32H63N/c1-5-9-15-21-29(31(23-11-7-3)25-17-13-18-26-31)33-30(22-16-10-6-2)32(24-12-8-4)27-19-14-20-28-32/h29-30,33H,5-28H2,1-4H3. The normalized spacial score (nSPS) is 22.2. The highest BCUT2D eigenvalue weighted by atomic mass is 15.0. The van der Waals surface area contributed by atoms with E-state index in [2.05, 4.69) is 33.0 Å². The first-order valence-electron chi connectivity index (χ1n) is 15.9. The lowest BCUT2D eigenvalue weighted by atomic mass is 9.62. The SMILES string of the molecule is CCCCCC(NC(CCCCC)C1(CCCC)CCCCC1)C1(CCCC)CCCCC1. The Bertz CT molecular complexity index is 415. The molecule has 0 aromatic heterocycles. The summed E-state index contributed by atoms with van der Waals surface area (Å²) in [6, 6.07) is 1.53. The van der Waals surface area contributed by atoms with Crippen LogP contribution in [0.15, 0.2) is 0 Å². The predicted molar refractivity (Wildman–Crippen MR) is 149 cm³/mol. The molecule has 0 aromatic carbocycles. The minimum Gasteiger partial charge on any atom is -0.310 e. The Morgan fingerprint density at radius 2 is 0.848 bits per heavy atom. The second kappa shape index (κ2) is 16.6. The highest BCUT2D eigenvalue weighted by Crippen LogP contribution is 2.49. The van der Waals surface area contributed by atoms with E-state index in [1.165, 1.54) is 154 Å². The van der Waals surface area contributed by atoms with Crippen LogP contribution >= 0.6 is 0 Å². The van der Waals surface area contributed by atoms with E-state index in [4.69, 9.17) is 0 Å². The van der Waals surface area contributed by atoms with Gasteiger partial charge < -0.3 is 5.32 Å². The summed E-state index contributed by atoms with van der Waals surface area (Å²) in [5.41, 5.74) is 1.18. The zero-order valence-corrected chi connectivity index (χ0v) is 23.6. The maximum Gasteiger partial charge on any atom is 0.0126 e. The molecule has 0 radical (unpaired) electrons. The van der Waals surface area contributed by atoms with E-state index in [0.717, 1.165) is 12.1 Å². The fourth-order valence-electron chi connectivity index (χ4n) is 7.69. The second-order valence-corrected chi connectivity index (χ2v) is 12.3. The van der Waals surface area contributed by atoms with Gasteiger partial charge in [-0.25, -0.2) is 0 Å². The summed E-state index contributed by atoms with van der Waals surface area (Å²) in [6.07, 6.45) is 34.8. The van der Waals surface area contributed by atoms with Crippen LogP contribution in [0.4, 0.5) is 0 Å². The molecule has 0 saturated heterocycles. The second-order valence-electron chi connectivity index (χ2n) is 12.3. The summed E-state index contributed by atoms with van der Waals surface area (Å²) in [6.45, 7) is 9.58. The van der Waals surface area contributed by atoms with Gasteiger partial charge in [0, 0.05) is 12.1 Å². The van der Waals surface area contributed by atoms with Gasteiger partial charge in [0.2, 0.25) is 0 Å². The molecule has 1 heteroatoms.